The molecule has 6 aromatic carbocycles. The maximum atomic E-state index is 5.59. The zero-order valence-corrected chi connectivity index (χ0v) is 21.6. The summed E-state index contributed by atoms with van der Waals surface area (Å²) < 4.78 is 11.2. The van der Waals surface area contributed by atoms with Crippen LogP contribution in [0.15, 0.2) is 159 Å². The number of hydrogen-bond donors (Lipinski definition) is 0. The van der Waals surface area contributed by atoms with Gasteiger partial charge in [-0.1, -0.05) is 110 Å². The van der Waals surface area contributed by atoms with Crippen molar-refractivity contribution in [2.24, 2.45) is 0 Å². The minimum absolute atomic E-state index is 0.618. The molecule has 0 aliphatic heterocycles. The quantitative estimate of drug-likeness (QED) is 0.152. The molecule has 2 nitrogen and oxygen atoms in total. The largest absolute Gasteiger partial charge is 0.466 e. The zero-order valence-electron chi connectivity index (χ0n) is 21.6. The summed E-state index contributed by atoms with van der Waals surface area (Å²) in [4.78, 5) is 0. The van der Waals surface area contributed by atoms with Gasteiger partial charge in [-0.15, -0.1) is 0 Å². The molecule has 0 atom stereocenters. The lowest BCUT2D eigenvalue weighted by molar-refractivity contribution is 0.482. The Morgan fingerprint density at radius 1 is 0.410 bits per heavy atom. The van der Waals surface area contributed by atoms with Gasteiger partial charge >= 0.3 is 0 Å². The van der Waals surface area contributed by atoms with Crippen molar-refractivity contribution in [1.29, 1.82) is 0 Å². The molecule has 0 aromatic heterocycles. The van der Waals surface area contributed by atoms with Crippen molar-refractivity contribution in [3.8, 4) is 11.5 Å². The highest BCUT2D eigenvalue weighted by molar-refractivity contribution is 5.86. The number of hydrogen-bond acceptors (Lipinski definition) is 2. The Morgan fingerprint density at radius 2 is 0.769 bits per heavy atom. The minimum Gasteiger partial charge on any atom is -0.466 e. The second-order valence-corrected chi connectivity index (χ2v) is 9.49. The molecule has 0 aliphatic rings. The van der Waals surface area contributed by atoms with Crippen LogP contribution < -0.4 is 9.47 Å². The molecule has 0 amide bonds. The zero-order chi connectivity index (χ0) is 26.7. The van der Waals surface area contributed by atoms with Crippen molar-refractivity contribution >= 4 is 21.5 Å². The van der Waals surface area contributed by atoms with Crippen LogP contribution in [0.4, 0.5) is 0 Å². The average Bonchev–Trinajstić information content (AvgIpc) is 2.99. The molecule has 0 radical (unpaired) electrons. The molecule has 39 heavy (non-hydrogen) atoms. The van der Waals surface area contributed by atoms with Gasteiger partial charge in [0, 0.05) is 0 Å². The Bertz CT molecular complexity index is 1640. The molecule has 0 saturated heterocycles. The highest BCUT2D eigenvalue weighted by Crippen LogP contribution is 2.47. The summed E-state index contributed by atoms with van der Waals surface area (Å²) in [6, 6.07) is 47.2. The summed E-state index contributed by atoms with van der Waals surface area (Å²) in [5, 5.41) is 4.80. The molecule has 188 valence electrons. The van der Waals surface area contributed by atoms with Crippen LogP contribution in [0, 0.1) is 0 Å². The van der Waals surface area contributed by atoms with Crippen LogP contribution >= 0.6 is 0 Å². The molecule has 0 bridgehead atoms. The fourth-order valence-corrected chi connectivity index (χ4v) is 5.60. The third-order valence-electron chi connectivity index (χ3n) is 7.38. The molecule has 6 aromatic rings. The van der Waals surface area contributed by atoms with E-state index < -0.39 is 5.41 Å². The SMILES string of the molecule is C=COc1ccc(C(c2ccc(OC=C)cc2)(c2ccc3ccccc3c2)c2ccc3ccccc3c2)cc1. The highest BCUT2D eigenvalue weighted by Gasteiger charge is 2.39. The van der Waals surface area contributed by atoms with Crippen LogP contribution in [-0.4, -0.2) is 0 Å². The van der Waals surface area contributed by atoms with Crippen LogP contribution in [0.2, 0.25) is 0 Å². The monoisotopic (exact) mass is 504 g/mol. The molecular formula is C37H28O2. The Balaban J connectivity index is 1.71. The maximum absolute atomic E-state index is 5.59. The van der Waals surface area contributed by atoms with Gasteiger partial charge in [0.05, 0.1) is 17.9 Å². The van der Waals surface area contributed by atoms with E-state index in [1.165, 1.54) is 45.2 Å². The first-order valence-electron chi connectivity index (χ1n) is 13.0. The second-order valence-electron chi connectivity index (χ2n) is 9.49. The van der Waals surface area contributed by atoms with Gasteiger partial charge in [0.2, 0.25) is 0 Å². The summed E-state index contributed by atoms with van der Waals surface area (Å²) in [7, 11) is 0. The van der Waals surface area contributed by atoms with Crippen molar-refractivity contribution < 1.29 is 9.47 Å². The third-order valence-corrected chi connectivity index (χ3v) is 7.38. The molecule has 6 rings (SSSR count). The molecule has 0 unspecified atom stereocenters. The number of rotatable bonds is 8. The number of benzene rings is 6. The summed E-state index contributed by atoms with van der Waals surface area (Å²) in [5.41, 5.74) is 3.98. The van der Waals surface area contributed by atoms with Gasteiger partial charge in [-0.25, -0.2) is 0 Å². The van der Waals surface area contributed by atoms with E-state index in [0.717, 1.165) is 22.6 Å². The Morgan fingerprint density at radius 3 is 1.15 bits per heavy atom. The highest BCUT2D eigenvalue weighted by atomic mass is 16.5. The Labute approximate surface area is 229 Å². The van der Waals surface area contributed by atoms with Gasteiger partial charge in [0.15, 0.2) is 0 Å². The first-order chi connectivity index (χ1) is 19.2. The minimum atomic E-state index is -0.618. The molecule has 0 fully saturated rings. The molecule has 0 spiro atoms. The molecular weight excluding hydrogens is 476 g/mol. The van der Waals surface area contributed by atoms with E-state index in [4.69, 9.17) is 9.47 Å². The first kappa shape index (κ1) is 24.3. The van der Waals surface area contributed by atoms with E-state index in [9.17, 15) is 0 Å². The van der Waals surface area contributed by atoms with Crippen LogP contribution in [0.5, 0.6) is 11.5 Å². The molecule has 0 N–H and O–H groups in total. The molecule has 0 saturated carbocycles. The van der Waals surface area contributed by atoms with Crippen LogP contribution in [-0.2, 0) is 5.41 Å². The predicted octanol–water partition coefficient (Wildman–Crippen LogP) is 9.42. The van der Waals surface area contributed by atoms with Crippen LogP contribution in [0.3, 0.4) is 0 Å². The smallest absolute Gasteiger partial charge is 0.126 e. The lowest BCUT2D eigenvalue weighted by atomic mass is 9.64. The third kappa shape index (κ3) is 4.36. The summed E-state index contributed by atoms with van der Waals surface area (Å²) in [5.74, 6) is 1.49. The number of fused-ring (bicyclic) bond motifs is 2. The van der Waals surface area contributed by atoms with E-state index in [0.29, 0.717) is 0 Å². The van der Waals surface area contributed by atoms with Gasteiger partial charge in [0.25, 0.3) is 0 Å². The fraction of sp³-hybridized carbons (Fsp3) is 0.0270. The van der Waals surface area contributed by atoms with Crippen molar-refractivity contribution in [3.63, 3.8) is 0 Å². The van der Waals surface area contributed by atoms with E-state index >= 15 is 0 Å². The standard InChI is InChI=1S/C37H28O2/c1-3-38-35-21-17-31(18-22-35)37(32-19-23-36(24-20-32)39-4-2,33-15-13-27-9-5-7-11-29(27)25-33)34-16-14-28-10-6-8-12-30(28)26-34/h3-26H,1-2H2. The summed E-state index contributed by atoms with van der Waals surface area (Å²) in [6.45, 7) is 7.42. The Kier molecular flexibility index (Phi) is 6.44. The summed E-state index contributed by atoms with van der Waals surface area (Å²) >= 11 is 0. The van der Waals surface area contributed by atoms with Gasteiger partial charge in [-0.2, -0.15) is 0 Å². The predicted molar refractivity (Wildman–Crippen MR) is 161 cm³/mol. The van der Waals surface area contributed by atoms with Crippen LogP contribution in [0.25, 0.3) is 21.5 Å². The van der Waals surface area contributed by atoms with Gasteiger partial charge in [-0.05, 0) is 80.2 Å². The van der Waals surface area contributed by atoms with Gasteiger partial charge in [-0.3, -0.25) is 0 Å². The fourth-order valence-electron chi connectivity index (χ4n) is 5.60. The lowest BCUT2D eigenvalue weighted by Crippen LogP contribution is -2.31. The maximum Gasteiger partial charge on any atom is 0.126 e. The van der Waals surface area contributed by atoms with Crippen molar-refractivity contribution in [2.75, 3.05) is 0 Å². The van der Waals surface area contributed by atoms with Crippen LogP contribution in [0.1, 0.15) is 22.3 Å². The van der Waals surface area contributed by atoms with Crippen molar-refractivity contribution in [2.45, 2.75) is 5.41 Å². The second kappa shape index (κ2) is 10.4. The average molecular weight is 505 g/mol. The first-order valence-corrected chi connectivity index (χ1v) is 13.0. The van der Waals surface area contributed by atoms with E-state index in [2.05, 4.69) is 122 Å². The normalized spacial score (nSPS) is 11.3. The van der Waals surface area contributed by atoms with Gasteiger partial charge in [0.1, 0.15) is 11.5 Å². The van der Waals surface area contributed by atoms with Gasteiger partial charge < -0.3 is 9.47 Å². The van der Waals surface area contributed by atoms with Crippen molar-refractivity contribution in [3.05, 3.63) is 181 Å². The Hall–Kier alpha value is -5.08. The molecule has 0 heterocycles. The van der Waals surface area contributed by atoms with E-state index in [-0.39, 0.29) is 0 Å². The summed E-state index contributed by atoms with van der Waals surface area (Å²) in [6.07, 6.45) is 2.90. The lowest BCUT2D eigenvalue weighted by Gasteiger charge is -2.37. The van der Waals surface area contributed by atoms with Crippen molar-refractivity contribution in [1.82, 2.24) is 0 Å². The molecule has 0 aliphatic carbocycles. The topological polar surface area (TPSA) is 18.5 Å². The van der Waals surface area contributed by atoms with E-state index in [1.807, 2.05) is 24.3 Å². The molecule has 2 heteroatoms. The van der Waals surface area contributed by atoms with E-state index in [1.54, 1.807) is 0 Å². The number of ether oxygens (including phenoxy) is 2.